The van der Waals surface area contributed by atoms with Gasteiger partial charge in [0.2, 0.25) is 5.91 Å². The van der Waals surface area contributed by atoms with Gasteiger partial charge in [0.1, 0.15) is 11.4 Å². The molecule has 1 rings (SSSR count). The van der Waals surface area contributed by atoms with E-state index < -0.39 is 17.6 Å². The second-order valence-corrected chi connectivity index (χ2v) is 5.61. The molecule has 0 aliphatic carbocycles. The molecule has 0 spiro atoms. The van der Waals surface area contributed by atoms with Gasteiger partial charge in [-0.15, -0.1) is 0 Å². The van der Waals surface area contributed by atoms with E-state index >= 15 is 0 Å². The standard InChI is InChI=1S/C13H21NO4/c1-5-6-9-7-10(15)8-11(16)14(9)12(17)18-13(2,3)4/h9H,5-8H2,1-4H3. The fourth-order valence-corrected chi connectivity index (χ4v) is 2.01. The number of carbonyl (C=O) groups is 3. The van der Waals surface area contributed by atoms with Crippen molar-refractivity contribution in [3.05, 3.63) is 0 Å². The fourth-order valence-electron chi connectivity index (χ4n) is 2.01. The zero-order chi connectivity index (χ0) is 13.9. The predicted molar refractivity (Wildman–Crippen MR) is 66.0 cm³/mol. The minimum absolute atomic E-state index is 0.0988. The zero-order valence-corrected chi connectivity index (χ0v) is 11.5. The smallest absolute Gasteiger partial charge is 0.417 e. The predicted octanol–water partition coefficient (Wildman–Crippen LogP) is 2.28. The molecule has 0 bridgehead atoms. The highest BCUT2D eigenvalue weighted by Crippen LogP contribution is 2.22. The van der Waals surface area contributed by atoms with Gasteiger partial charge < -0.3 is 4.74 Å². The highest BCUT2D eigenvalue weighted by Gasteiger charge is 2.38. The molecule has 5 heteroatoms. The summed E-state index contributed by atoms with van der Waals surface area (Å²) in [6.07, 6.45) is 0.859. The molecular formula is C13H21NO4. The number of ether oxygens (including phenoxy) is 1. The summed E-state index contributed by atoms with van der Waals surface area (Å²) in [7, 11) is 0. The van der Waals surface area contributed by atoms with Gasteiger partial charge >= 0.3 is 6.09 Å². The van der Waals surface area contributed by atoms with E-state index in [4.69, 9.17) is 4.74 Å². The van der Waals surface area contributed by atoms with Crippen molar-refractivity contribution in [1.82, 2.24) is 4.90 Å². The molecule has 1 atom stereocenters. The maximum atomic E-state index is 12.0. The summed E-state index contributed by atoms with van der Waals surface area (Å²) in [5.74, 6) is -0.544. The largest absolute Gasteiger partial charge is 0.443 e. The third-order valence-corrected chi connectivity index (χ3v) is 2.66. The molecule has 2 amide bonds. The molecule has 0 aromatic carbocycles. The van der Waals surface area contributed by atoms with Crippen LogP contribution in [0.2, 0.25) is 0 Å². The van der Waals surface area contributed by atoms with Gasteiger partial charge in [-0.3, -0.25) is 9.59 Å². The number of rotatable bonds is 2. The molecule has 1 fully saturated rings. The maximum Gasteiger partial charge on any atom is 0.417 e. The lowest BCUT2D eigenvalue weighted by atomic mass is 9.97. The average molecular weight is 255 g/mol. The van der Waals surface area contributed by atoms with Crippen LogP contribution in [0.25, 0.3) is 0 Å². The van der Waals surface area contributed by atoms with Crippen molar-refractivity contribution in [3.63, 3.8) is 0 Å². The third kappa shape index (κ3) is 3.82. The molecule has 0 aromatic rings. The van der Waals surface area contributed by atoms with Crippen molar-refractivity contribution >= 4 is 17.8 Å². The number of likely N-dealkylation sites (tertiary alicyclic amines) is 1. The number of Topliss-reactive ketones (excluding diaryl/α,β-unsaturated/α-hetero) is 1. The van der Waals surface area contributed by atoms with Crippen molar-refractivity contribution in [2.45, 2.75) is 65.0 Å². The lowest BCUT2D eigenvalue weighted by molar-refractivity contribution is -0.141. The second kappa shape index (κ2) is 5.50. The van der Waals surface area contributed by atoms with Gasteiger partial charge in [0, 0.05) is 12.5 Å². The van der Waals surface area contributed by atoms with Crippen LogP contribution in [0.5, 0.6) is 0 Å². The molecule has 5 nitrogen and oxygen atoms in total. The molecule has 0 radical (unpaired) electrons. The van der Waals surface area contributed by atoms with Crippen molar-refractivity contribution in [2.24, 2.45) is 0 Å². The Kier molecular flexibility index (Phi) is 4.48. The molecule has 18 heavy (non-hydrogen) atoms. The van der Waals surface area contributed by atoms with Crippen LogP contribution in [0.15, 0.2) is 0 Å². The van der Waals surface area contributed by atoms with E-state index in [1.807, 2.05) is 6.92 Å². The van der Waals surface area contributed by atoms with Gasteiger partial charge in [-0.2, -0.15) is 0 Å². The molecule has 1 unspecified atom stereocenters. The summed E-state index contributed by atoms with van der Waals surface area (Å²) in [5, 5.41) is 0. The highest BCUT2D eigenvalue weighted by molar-refractivity contribution is 6.06. The van der Waals surface area contributed by atoms with Crippen molar-refractivity contribution < 1.29 is 19.1 Å². The molecular weight excluding hydrogens is 234 g/mol. The molecule has 0 aromatic heterocycles. The minimum atomic E-state index is -0.643. The van der Waals surface area contributed by atoms with E-state index in [0.29, 0.717) is 6.42 Å². The van der Waals surface area contributed by atoms with Crippen LogP contribution < -0.4 is 0 Å². The van der Waals surface area contributed by atoms with E-state index in [1.165, 1.54) is 0 Å². The summed E-state index contributed by atoms with van der Waals surface area (Å²) >= 11 is 0. The summed E-state index contributed by atoms with van der Waals surface area (Å²) < 4.78 is 5.21. The van der Waals surface area contributed by atoms with Gasteiger partial charge in [-0.25, -0.2) is 9.69 Å². The average Bonchev–Trinajstić information content (AvgIpc) is 2.13. The number of hydrogen-bond donors (Lipinski definition) is 0. The molecule has 102 valence electrons. The number of imide groups is 1. The molecule has 1 saturated heterocycles. The summed E-state index contributed by atoms with van der Waals surface area (Å²) in [6.45, 7) is 7.20. The summed E-state index contributed by atoms with van der Waals surface area (Å²) in [5.41, 5.74) is -0.643. The van der Waals surface area contributed by atoms with E-state index in [2.05, 4.69) is 0 Å². The third-order valence-electron chi connectivity index (χ3n) is 2.66. The van der Waals surface area contributed by atoms with Crippen molar-refractivity contribution in [1.29, 1.82) is 0 Å². The summed E-state index contributed by atoms with van der Waals surface area (Å²) in [4.78, 5) is 36.3. The van der Waals surface area contributed by atoms with Gasteiger partial charge in [-0.1, -0.05) is 13.3 Å². The van der Waals surface area contributed by atoms with Crippen LogP contribution in [-0.4, -0.2) is 34.3 Å². The molecule has 0 saturated carbocycles. The fraction of sp³-hybridized carbons (Fsp3) is 0.769. The first-order chi connectivity index (χ1) is 8.24. The number of ketones is 1. The molecule has 0 N–H and O–H groups in total. The Balaban J connectivity index is 2.84. The monoisotopic (exact) mass is 255 g/mol. The van der Waals surface area contributed by atoms with Crippen LogP contribution >= 0.6 is 0 Å². The Bertz CT molecular complexity index is 356. The quantitative estimate of drug-likeness (QED) is 0.710. The van der Waals surface area contributed by atoms with E-state index in [0.717, 1.165) is 11.3 Å². The van der Waals surface area contributed by atoms with Gasteiger partial charge in [-0.05, 0) is 27.2 Å². The van der Waals surface area contributed by atoms with E-state index in [-0.39, 0.29) is 24.7 Å². The SMILES string of the molecule is CCCC1CC(=O)CC(=O)N1C(=O)OC(C)(C)C. The molecule has 1 aliphatic heterocycles. The molecule has 1 aliphatic rings. The number of carbonyl (C=O) groups excluding carboxylic acids is 3. The Labute approximate surface area is 107 Å². The lowest BCUT2D eigenvalue weighted by Gasteiger charge is -2.34. The number of piperidine rings is 1. The Morgan fingerprint density at radius 1 is 1.39 bits per heavy atom. The topological polar surface area (TPSA) is 63.7 Å². The maximum absolute atomic E-state index is 12.0. The first-order valence-corrected chi connectivity index (χ1v) is 6.31. The highest BCUT2D eigenvalue weighted by atomic mass is 16.6. The minimum Gasteiger partial charge on any atom is -0.443 e. The Hall–Kier alpha value is -1.39. The Morgan fingerprint density at radius 3 is 2.50 bits per heavy atom. The van der Waals surface area contributed by atoms with Crippen LogP contribution in [0, 0.1) is 0 Å². The summed E-state index contributed by atoms with van der Waals surface area (Å²) in [6, 6.07) is -0.349. The second-order valence-electron chi connectivity index (χ2n) is 5.61. The zero-order valence-electron chi connectivity index (χ0n) is 11.5. The first kappa shape index (κ1) is 14.7. The number of nitrogens with zero attached hydrogens (tertiary/aromatic N) is 1. The van der Waals surface area contributed by atoms with Crippen LogP contribution in [0.3, 0.4) is 0 Å². The Morgan fingerprint density at radius 2 is 2.00 bits per heavy atom. The first-order valence-electron chi connectivity index (χ1n) is 6.31. The van der Waals surface area contributed by atoms with Crippen LogP contribution in [0.1, 0.15) is 53.4 Å². The van der Waals surface area contributed by atoms with E-state index in [9.17, 15) is 14.4 Å². The lowest BCUT2D eigenvalue weighted by Crippen LogP contribution is -2.51. The van der Waals surface area contributed by atoms with Crippen molar-refractivity contribution in [3.8, 4) is 0 Å². The van der Waals surface area contributed by atoms with Crippen LogP contribution in [-0.2, 0) is 14.3 Å². The van der Waals surface area contributed by atoms with Crippen LogP contribution in [0.4, 0.5) is 4.79 Å². The number of amides is 2. The number of hydrogen-bond acceptors (Lipinski definition) is 4. The van der Waals surface area contributed by atoms with E-state index in [1.54, 1.807) is 20.8 Å². The van der Waals surface area contributed by atoms with Gasteiger partial charge in [0.25, 0.3) is 0 Å². The van der Waals surface area contributed by atoms with Gasteiger partial charge in [0.05, 0.1) is 6.42 Å². The van der Waals surface area contributed by atoms with Gasteiger partial charge in [0.15, 0.2) is 0 Å². The van der Waals surface area contributed by atoms with Crippen molar-refractivity contribution in [2.75, 3.05) is 0 Å². The normalized spacial score (nSPS) is 21.1. The molecule has 1 heterocycles.